The minimum atomic E-state index is -0.178. The monoisotopic (exact) mass is 457 g/mol. The molecule has 6 nitrogen and oxygen atoms in total. The molecule has 30 heavy (non-hydrogen) atoms. The van der Waals surface area contributed by atoms with Gasteiger partial charge in [-0.05, 0) is 48.9 Å². The normalized spacial score (nSPS) is 11.1. The lowest BCUT2D eigenvalue weighted by atomic mass is 10.1. The SMILES string of the molecule is Cc1ccccc1-c1nc2nn(-c3ccccn3)cc2c(=O)n1-c1ccc(Br)cc1. The maximum atomic E-state index is 13.6. The van der Waals surface area contributed by atoms with Crippen LogP contribution < -0.4 is 5.56 Å². The van der Waals surface area contributed by atoms with Crippen LogP contribution in [0.25, 0.3) is 33.9 Å². The van der Waals surface area contributed by atoms with Gasteiger partial charge in [0.1, 0.15) is 11.2 Å². The van der Waals surface area contributed by atoms with E-state index in [2.05, 4.69) is 26.0 Å². The molecule has 0 aliphatic rings. The second kappa shape index (κ2) is 7.35. The van der Waals surface area contributed by atoms with Crippen LogP contribution in [-0.4, -0.2) is 24.3 Å². The lowest BCUT2D eigenvalue weighted by molar-refractivity contribution is 0.854. The Morgan fingerprint density at radius 3 is 2.43 bits per heavy atom. The summed E-state index contributed by atoms with van der Waals surface area (Å²) in [5.74, 6) is 1.18. The van der Waals surface area contributed by atoms with Crippen molar-refractivity contribution in [3.63, 3.8) is 0 Å². The smallest absolute Gasteiger partial charge is 0.268 e. The number of nitrogens with zero attached hydrogens (tertiary/aromatic N) is 5. The van der Waals surface area contributed by atoms with E-state index >= 15 is 0 Å². The van der Waals surface area contributed by atoms with Crippen LogP contribution in [0.3, 0.4) is 0 Å². The summed E-state index contributed by atoms with van der Waals surface area (Å²) < 4.78 is 4.17. The zero-order valence-corrected chi connectivity index (χ0v) is 17.6. The number of fused-ring (bicyclic) bond motifs is 1. The number of halogens is 1. The Hall–Kier alpha value is -3.58. The van der Waals surface area contributed by atoms with Crippen LogP contribution in [0.1, 0.15) is 5.56 Å². The van der Waals surface area contributed by atoms with E-state index < -0.39 is 0 Å². The van der Waals surface area contributed by atoms with E-state index in [0.717, 1.165) is 21.3 Å². The van der Waals surface area contributed by atoms with Crippen LogP contribution in [0.4, 0.5) is 0 Å². The van der Waals surface area contributed by atoms with E-state index in [1.165, 1.54) is 0 Å². The standard InChI is InChI=1S/C23H16BrN5O/c1-15-6-2-3-7-18(15)22-26-21-19(14-28(27-21)20-8-4-5-13-25-20)23(30)29(22)17-11-9-16(24)10-12-17/h2-14H,1H3. The van der Waals surface area contributed by atoms with Gasteiger partial charge in [-0.2, -0.15) is 0 Å². The summed E-state index contributed by atoms with van der Waals surface area (Å²) in [4.78, 5) is 22.7. The van der Waals surface area contributed by atoms with Crippen molar-refractivity contribution in [2.24, 2.45) is 0 Å². The third-order valence-electron chi connectivity index (χ3n) is 4.91. The Balaban J connectivity index is 1.84. The molecule has 0 N–H and O–H groups in total. The summed E-state index contributed by atoms with van der Waals surface area (Å²) in [5, 5.41) is 4.96. The van der Waals surface area contributed by atoms with E-state index in [1.807, 2.05) is 73.7 Å². The number of hydrogen-bond donors (Lipinski definition) is 0. The van der Waals surface area contributed by atoms with Crippen molar-refractivity contribution in [1.29, 1.82) is 0 Å². The van der Waals surface area contributed by atoms with Gasteiger partial charge in [-0.25, -0.2) is 14.6 Å². The number of aryl methyl sites for hydroxylation is 1. The van der Waals surface area contributed by atoms with E-state index in [0.29, 0.717) is 22.7 Å². The predicted molar refractivity (Wildman–Crippen MR) is 120 cm³/mol. The molecule has 0 spiro atoms. The molecule has 5 aromatic rings. The predicted octanol–water partition coefficient (Wildman–Crippen LogP) is 4.70. The third-order valence-corrected chi connectivity index (χ3v) is 5.44. The molecule has 3 heterocycles. The fraction of sp³-hybridized carbons (Fsp3) is 0.0435. The highest BCUT2D eigenvalue weighted by Crippen LogP contribution is 2.25. The molecule has 7 heteroatoms. The van der Waals surface area contributed by atoms with Crippen molar-refractivity contribution in [3.8, 4) is 22.9 Å². The first-order valence-electron chi connectivity index (χ1n) is 9.37. The largest absolute Gasteiger partial charge is 0.269 e. The van der Waals surface area contributed by atoms with Crippen LogP contribution in [0.5, 0.6) is 0 Å². The molecule has 2 aromatic carbocycles. The first kappa shape index (κ1) is 18.4. The zero-order chi connectivity index (χ0) is 20.7. The van der Waals surface area contributed by atoms with Gasteiger partial charge in [-0.3, -0.25) is 9.36 Å². The Labute approximate surface area is 180 Å². The van der Waals surface area contributed by atoms with Gasteiger partial charge in [-0.1, -0.05) is 46.3 Å². The molecule has 0 bridgehead atoms. The molecule has 0 atom stereocenters. The molecule has 0 amide bonds. The van der Waals surface area contributed by atoms with Gasteiger partial charge in [0.05, 0.1) is 5.69 Å². The molecular weight excluding hydrogens is 442 g/mol. The minimum Gasteiger partial charge on any atom is -0.268 e. The number of hydrogen-bond acceptors (Lipinski definition) is 4. The Kier molecular flexibility index (Phi) is 4.52. The summed E-state index contributed by atoms with van der Waals surface area (Å²) in [6, 6.07) is 21.0. The van der Waals surface area contributed by atoms with E-state index in [-0.39, 0.29) is 5.56 Å². The van der Waals surface area contributed by atoms with Crippen molar-refractivity contribution in [3.05, 3.63) is 99.5 Å². The molecule has 0 fully saturated rings. The van der Waals surface area contributed by atoms with Crippen LogP contribution >= 0.6 is 15.9 Å². The number of pyridine rings is 1. The molecule has 0 radical (unpaired) electrons. The second-order valence-electron chi connectivity index (χ2n) is 6.87. The highest BCUT2D eigenvalue weighted by atomic mass is 79.9. The number of benzene rings is 2. The number of aromatic nitrogens is 5. The minimum absolute atomic E-state index is 0.178. The Bertz CT molecular complexity index is 1420. The molecule has 3 aromatic heterocycles. The fourth-order valence-electron chi connectivity index (χ4n) is 3.41. The quantitative estimate of drug-likeness (QED) is 0.393. The Morgan fingerprint density at radius 2 is 1.70 bits per heavy atom. The molecule has 5 rings (SSSR count). The van der Waals surface area contributed by atoms with Crippen molar-refractivity contribution in [2.75, 3.05) is 0 Å². The average molecular weight is 458 g/mol. The summed E-state index contributed by atoms with van der Waals surface area (Å²) in [7, 11) is 0. The first-order valence-corrected chi connectivity index (χ1v) is 10.2. The van der Waals surface area contributed by atoms with Crippen molar-refractivity contribution < 1.29 is 0 Å². The summed E-state index contributed by atoms with van der Waals surface area (Å²) >= 11 is 3.46. The lowest BCUT2D eigenvalue weighted by Gasteiger charge is -2.14. The highest BCUT2D eigenvalue weighted by Gasteiger charge is 2.18. The zero-order valence-electron chi connectivity index (χ0n) is 16.0. The Morgan fingerprint density at radius 1 is 0.933 bits per heavy atom. The molecular formula is C23H16BrN5O. The van der Waals surface area contributed by atoms with Crippen LogP contribution in [0.2, 0.25) is 0 Å². The average Bonchev–Trinajstić information content (AvgIpc) is 3.20. The van der Waals surface area contributed by atoms with Gasteiger partial charge < -0.3 is 0 Å². The topological polar surface area (TPSA) is 65.6 Å². The van der Waals surface area contributed by atoms with Crippen LogP contribution in [0.15, 0.2) is 88.4 Å². The summed E-state index contributed by atoms with van der Waals surface area (Å²) in [6.07, 6.45) is 3.37. The van der Waals surface area contributed by atoms with Crippen molar-refractivity contribution in [2.45, 2.75) is 6.92 Å². The molecule has 0 unspecified atom stereocenters. The maximum absolute atomic E-state index is 13.6. The van der Waals surface area contributed by atoms with Gasteiger partial charge in [0, 0.05) is 22.4 Å². The van der Waals surface area contributed by atoms with E-state index in [4.69, 9.17) is 4.98 Å². The van der Waals surface area contributed by atoms with Crippen LogP contribution in [-0.2, 0) is 0 Å². The molecule has 146 valence electrons. The maximum Gasteiger partial charge on any atom is 0.269 e. The van der Waals surface area contributed by atoms with Crippen molar-refractivity contribution in [1.82, 2.24) is 24.3 Å². The second-order valence-corrected chi connectivity index (χ2v) is 7.78. The van der Waals surface area contributed by atoms with Crippen molar-refractivity contribution >= 4 is 27.0 Å². The first-order chi connectivity index (χ1) is 14.6. The van der Waals surface area contributed by atoms with Gasteiger partial charge in [0.2, 0.25) is 0 Å². The third kappa shape index (κ3) is 3.13. The van der Waals surface area contributed by atoms with E-state index in [1.54, 1.807) is 21.6 Å². The van der Waals surface area contributed by atoms with Gasteiger partial charge in [0.25, 0.3) is 5.56 Å². The van der Waals surface area contributed by atoms with Crippen LogP contribution in [0, 0.1) is 6.92 Å². The summed E-state index contributed by atoms with van der Waals surface area (Å²) in [6.45, 7) is 2.00. The summed E-state index contributed by atoms with van der Waals surface area (Å²) in [5.41, 5.74) is 2.85. The van der Waals surface area contributed by atoms with Gasteiger partial charge in [0.15, 0.2) is 11.5 Å². The molecule has 0 saturated carbocycles. The lowest BCUT2D eigenvalue weighted by Crippen LogP contribution is -2.21. The molecule has 0 aliphatic carbocycles. The van der Waals surface area contributed by atoms with Gasteiger partial charge >= 0.3 is 0 Å². The molecule has 0 aliphatic heterocycles. The number of rotatable bonds is 3. The van der Waals surface area contributed by atoms with E-state index in [9.17, 15) is 4.79 Å². The van der Waals surface area contributed by atoms with Gasteiger partial charge in [-0.15, -0.1) is 5.10 Å². The highest BCUT2D eigenvalue weighted by molar-refractivity contribution is 9.10. The molecule has 0 saturated heterocycles. The fourth-order valence-corrected chi connectivity index (χ4v) is 3.67.